The fourth-order valence-electron chi connectivity index (χ4n) is 3.78. The summed E-state index contributed by atoms with van der Waals surface area (Å²) < 4.78 is 5.19. The molecule has 0 aliphatic carbocycles. The molecule has 0 spiro atoms. The number of hydrogen-bond acceptors (Lipinski definition) is 6. The van der Waals surface area contributed by atoms with Gasteiger partial charge in [-0.05, 0) is 74.8 Å². The van der Waals surface area contributed by atoms with Gasteiger partial charge in [0.15, 0.2) is 5.82 Å². The van der Waals surface area contributed by atoms with E-state index in [0.29, 0.717) is 22.2 Å². The summed E-state index contributed by atoms with van der Waals surface area (Å²) in [4.78, 5) is 23.9. The van der Waals surface area contributed by atoms with Crippen LogP contribution < -0.4 is 5.32 Å². The second kappa shape index (κ2) is 10.6. The minimum Gasteiger partial charge on any atom is -0.462 e. The molecule has 6 nitrogen and oxygen atoms in total. The number of likely N-dealkylation sites (tertiary alicyclic amines) is 1. The number of rotatable bonds is 7. The summed E-state index contributed by atoms with van der Waals surface area (Å²) in [5.74, 6) is 0.450. The summed E-state index contributed by atoms with van der Waals surface area (Å²) in [6.07, 6.45) is 5.39. The molecule has 1 fully saturated rings. The van der Waals surface area contributed by atoms with Crippen LogP contribution in [0.15, 0.2) is 54.7 Å². The number of esters is 1. The number of halogens is 1. The number of hydrogen-bond donors (Lipinski definition) is 1. The first-order valence-corrected chi connectivity index (χ1v) is 11.4. The van der Waals surface area contributed by atoms with Crippen LogP contribution in [0.4, 0.5) is 11.5 Å². The molecule has 2 heterocycles. The summed E-state index contributed by atoms with van der Waals surface area (Å²) in [5.41, 5.74) is 3.22. The first kappa shape index (κ1) is 22.2. The largest absolute Gasteiger partial charge is 0.462 e. The van der Waals surface area contributed by atoms with Crippen LogP contribution in [0.3, 0.4) is 0 Å². The smallest absolute Gasteiger partial charge is 0.343 e. The summed E-state index contributed by atoms with van der Waals surface area (Å²) in [6, 6.07) is 15.5. The molecule has 0 saturated carbocycles. The van der Waals surface area contributed by atoms with E-state index in [4.69, 9.17) is 16.3 Å². The van der Waals surface area contributed by atoms with Gasteiger partial charge in [0.05, 0.1) is 6.61 Å². The van der Waals surface area contributed by atoms with Crippen LogP contribution >= 0.6 is 11.6 Å². The van der Waals surface area contributed by atoms with Crippen LogP contribution in [0.5, 0.6) is 0 Å². The Balaban J connectivity index is 1.56. The zero-order valence-corrected chi connectivity index (χ0v) is 18.9. The van der Waals surface area contributed by atoms with E-state index in [0.717, 1.165) is 30.9 Å². The first-order valence-electron chi connectivity index (χ1n) is 11.0. The molecular formula is C25H27ClN4O2. The summed E-state index contributed by atoms with van der Waals surface area (Å²) in [6.45, 7) is 5.34. The molecule has 32 heavy (non-hydrogen) atoms. The van der Waals surface area contributed by atoms with Crippen molar-refractivity contribution in [3.8, 4) is 11.4 Å². The van der Waals surface area contributed by atoms with Crippen molar-refractivity contribution in [3.63, 3.8) is 0 Å². The quantitative estimate of drug-likeness (QED) is 0.465. The van der Waals surface area contributed by atoms with Gasteiger partial charge in [0.2, 0.25) is 0 Å². The number of benzene rings is 2. The van der Waals surface area contributed by atoms with E-state index in [2.05, 4.69) is 32.3 Å². The predicted octanol–water partition coefficient (Wildman–Crippen LogP) is 5.70. The second-order valence-corrected chi connectivity index (χ2v) is 8.28. The zero-order chi connectivity index (χ0) is 22.3. The van der Waals surface area contributed by atoms with Gasteiger partial charge in [0, 0.05) is 29.0 Å². The number of piperidine rings is 1. The van der Waals surface area contributed by atoms with Crippen LogP contribution in [-0.4, -0.2) is 40.5 Å². The van der Waals surface area contributed by atoms with Crippen LogP contribution in [0.25, 0.3) is 11.4 Å². The van der Waals surface area contributed by atoms with Crippen LogP contribution in [-0.2, 0) is 11.3 Å². The predicted molar refractivity (Wildman–Crippen MR) is 127 cm³/mol. The third-order valence-corrected chi connectivity index (χ3v) is 5.71. The van der Waals surface area contributed by atoms with E-state index >= 15 is 0 Å². The molecule has 3 aromatic rings. The lowest BCUT2D eigenvalue weighted by Gasteiger charge is -2.26. The van der Waals surface area contributed by atoms with Gasteiger partial charge >= 0.3 is 5.97 Å². The lowest BCUT2D eigenvalue weighted by atomic mass is 10.1. The molecule has 4 rings (SSSR count). The molecule has 2 aromatic carbocycles. The molecule has 0 amide bonds. The highest BCUT2D eigenvalue weighted by Gasteiger charge is 2.17. The fourth-order valence-corrected chi connectivity index (χ4v) is 3.91. The number of aromatic nitrogens is 2. The van der Waals surface area contributed by atoms with E-state index in [1.54, 1.807) is 19.1 Å². The lowest BCUT2D eigenvalue weighted by molar-refractivity contribution is 0.0526. The standard InChI is InChI=1S/C25H27ClN4O2/c1-2-32-25(31)22-16-27-23(19-8-10-20(26)11-9-19)29-24(22)28-21-12-6-18(7-13-21)17-30-14-4-3-5-15-30/h6-13,16H,2-5,14-15,17H2,1H3,(H,27,28,29). The first-order chi connectivity index (χ1) is 15.6. The third-order valence-electron chi connectivity index (χ3n) is 5.46. The Morgan fingerprint density at radius 2 is 1.78 bits per heavy atom. The maximum absolute atomic E-state index is 12.5. The normalized spacial score (nSPS) is 14.2. The van der Waals surface area contributed by atoms with E-state index in [1.807, 2.05) is 24.3 Å². The molecule has 0 unspecified atom stereocenters. The monoisotopic (exact) mass is 450 g/mol. The summed E-state index contributed by atoms with van der Waals surface area (Å²) in [5, 5.41) is 3.91. The molecule has 0 atom stereocenters. The van der Waals surface area contributed by atoms with Crippen molar-refractivity contribution >= 4 is 29.1 Å². The molecule has 166 valence electrons. The van der Waals surface area contributed by atoms with Gasteiger partial charge in [0.25, 0.3) is 0 Å². The highest BCUT2D eigenvalue weighted by Crippen LogP contribution is 2.25. The minimum absolute atomic E-state index is 0.280. The molecular weight excluding hydrogens is 424 g/mol. The molecule has 0 bridgehead atoms. The van der Waals surface area contributed by atoms with Gasteiger partial charge in [-0.3, -0.25) is 4.90 Å². The van der Waals surface area contributed by atoms with Gasteiger partial charge in [-0.25, -0.2) is 14.8 Å². The van der Waals surface area contributed by atoms with Gasteiger partial charge in [-0.1, -0.05) is 30.2 Å². The highest BCUT2D eigenvalue weighted by molar-refractivity contribution is 6.30. The van der Waals surface area contributed by atoms with E-state index in [1.165, 1.54) is 31.0 Å². The Morgan fingerprint density at radius 1 is 1.06 bits per heavy atom. The van der Waals surface area contributed by atoms with Crippen molar-refractivity contribution in [1.29, 1.82) is 0 Å². The van der Waals surface area contributed by atoms with Crippen LogP contribution in [0.2, 0.25) is 5.02 Å². The van der Waals surface area contributed by atoms with Crippen molar-refractivity contribution in [2.45, 2.75) is 32.7 Å². The summed E-state index contributed by atoms with van der Waals surface area (Å²) >= 11 is 6.00. The van der Waals surface area contributed by atoms with E-state index in [-0.39, 0.29) is 6.61 Å². The van der Waals surface area contributed by atoms with Crippen LogP contribution in [0, 0.1) is 0 Å². The van der Waals surface area contributed by atoms with Crippen molar-refractivity contribution in [3.05, 3.63) is 70.9 Å². The van der Waals surface area contributed by atoms with Gasteiger partial charge in [0.1, 0.15) is 11.4 Å². The second-order valence-electron chi connectivity index (χ2n) is 7.84. The average Bonchev–Trinajstić information content (AvgIpc) is 2.82. The molecule has 1 aliphatic rings. The zero-order valence-electron chi connectivity index (χ0n) is 18.2. The maximum Gasteiger partial charge on any atom is 0.343 e. The number of anilines is 2. The Morgan fingerprint density at radius 3 is 2.47 bits per heavy atom. The molecule has 1 N–H and O–H groups in total. The van der Waals surface area contributed by atoms with Gasteiger partial charge < -0.3 is 10.1 Å². The Kier molecular flexibility index (Phi) is 7.35. The Hall–Kier alpha value is -2.96. The lowest BCUT2D eigenvalue weighted by Crippen LogP contribution is -2.29. The van der Waals surface area contributed by atoms with Crippen molar-refractivity contribution < 1.29 is 9.53 Å². The number of carbonyl (C=O) groups excluding carboxylic acids is 1. The Labute approximate surface area is 193 Å². The molecule has 1 aliphatic heterocycles. The molecule has 1 saturated heterocycles. The average molecular weight is 451 g/mol. The molecule has 0 radical (unpaired) electrons. The van der Waals surface area contributed by atoms with Crippen molar-refractivity contribution in [1.82, 2.24) is 14.9 Å². The topological polar surface area (TPSA) is 67.3 Å². The number of nitrogens with one attached hydrogen (secondary N) is 1. The number of ether oxygens (including phenoxy) is 1. The Bertz CT molecular complexity index is 1050. The SMILES string of the molecule is CCOC(=O)c1cnc(-c2ccc(Cl)cc2)nc1Nc1ccc(CN2CCCCC2)cc1. The van der Waals surface area contributed by atoms with Crippen molar-refractivity contribution in [2.24, 2.45) is 0 Å². The highest BCUT2D eigenvalue weighted by atomic mass is 35.5. The van der Waals surface area contributed by atoms with E-state index < -0.39 is 5.97 Å². The van der Waals surface area contributed by atoms with E-state index in [9.17, 15) is 4.79 Å². The van der Waals surface area contributed by atoms with Gasteiger partial charge in [-0.2, -0.15) is 0 Å². The van der Waals surface area contributed by atoms with Crippen LogP contribution in [0.1, 0.15) is 42.1 Å². The molecule has 1 aromatic heterocycles. The van der Waals surface area contributed by atoms with Gasteiger partial charge in [-0.15, -0.1) is 0 Å². The van der Waals surface area contributed by atoms with Crippen molar-refractivity contribution in [2.75, 3.05) is 25.0 Å². The summed E-state index contributed by atoms with van der Waals surface area (Å²) in [7, 11) is 0. The maximum atomic E-state index is 12.5. The molecule has 7 heteroatoms. The number of carbonyl (C=O) groups is 1. The minimum atomic E-state index is -0.459. The number of nitrogens with zero attached hydrogens (tertiary/aromatic N) is 3. The fraction of sp³-hybridized carbons (Fsp3) is 0.320. The third kappa shape index (κ3) is 5.64.